The molecule has 1 fully saturated rings. The summed E-state index contributed by atoms with van der Waals surface area (Å²) in [5.74, 6) is 0.701. The lowest BCUT2D eigenvalue weighted by atomic mass is 9.94. The molecule has 1 aliphatic heterocycles. The Bertz CT molecular complexity index is 517. The maximum Gasteiger partial charge on any atom is 0.174 e. The van der Waals surface area contributed by atoms with Crippen molar-refractivity contribution in [3.05, 3.63) is 24.3 Å². The number of nitrogens with one attached hydrogen (secondary N) is 1. The van der Waals surface area contributed by atoms with Crippen molar-refractivity contribution in [2.75, 3.05) is 11.9 Å². The third kappa shape index (κ3) is 3.43. The number of anilines is 1. The van der Waals surface area contributed by atoms with E-state index in [1.165, 1.54) is 0 Å². The van der Waals surface area contributed by atoms with Crippen LogP contribution in [-0.4, -0.2) is 23.9 Å². The van der Waals surface area contributed by atoms with Gasteiger partial charge in [0.2, 0.25) is 0 Å². The van der Waals surface area contributed by atoms with E-state index in [-0.39, 0.29) is 23.9 Å². The van der Waals surface area contributed by atoms with E-state index in [0.29, 0.717) is 5.75 Å². The number of hydrogen-bond donors (Lipinski definition) is 1. The van der Waals surface area contributed by atoms with E-state index in [0.717, 1.165) is 12.1 Å². The zero-order valence-electron chi connectivity index (χ0n) is 12.6. The molecule has 2 rings (SSSR count). The van der Waals surface area contributed by atoms with Crippen molar-refractivity contribution < 1.29 is 9.47 Å². The van der Waals surface area contributed by atoms with Gasteiger partial charge in [-0.25, -0.2) is 0 Å². The second-order valence-electron chi connectivity index (χ2n) is 6.34. The minimum atomic E-state index is -0.215. The first kappa shape index (κ1) is 14.7. The lowest BCUT2D eigenvalue weighted by Gasteiger charge is -2.28. The molecule has 1 N–H and O–H groups in total. The summed E-state index contributed by atoms with van der Waals surface area (Å²) in [7, 11) is 0. The van der Waals surface area contributed by atoms with Crippen molar-refractivity contribution in [1.29, 1.82) is 5.26 Å². The van der Waals surface area contributed by atoms with Crippen LogP contribution in [0, 0.1) is 11.3 Å². The van der Waals surface area contributed by atoms with Crippen LogP contribution in [0.25, 0.3) is 0 Å². The summed E-state index contributed by atoms with van der Waals surface area (Å²) < 4.78 is 11.4. The molecule has 4 nitrogen and oxygen atoms in total. The van der Waals surface area contributed by atoms with Gasteiger partial charge in [-0.3, -0.25) is 0 Å². The minimum Gasteiger partial charge on any atom is -0.479 e. The van der Waals surface area contributed by atoms with Gasteiger partial charge >= 0.3 is 0 Å². The second kappa shape index (κ2) is 5.34. The first-order valence-corrected chi connectivity index (χ1v) is 6.89. The molecule has 1 heterocycles. The number of ether oxygens (including phenoxy) is 2. The monoisotopic (exact) mass is 274 g/mol. The molecule has 1 aromatic carbocycles. The van der Waals surface area contributed by atoms with Crippen LogP contribution >= 0.6 is 0 Å². The molecule has 0 aromatic heterocycles. The number of rotatable bonds is 4. The average molecular weight is 274 g/mol. The van der Waals surface area contributed by atoms with Crippen molar-refractivity contribution in [2.45, 2.75) is 51.4 Å². The van der Waals surface area contributed by atoms with Crippen LogP contribution in [-0.2, 0) is 4.74 Å². The van der Waals surface area contributed by atoms with Gasteiger partial charge in [-0.1, -0.05) is 6.07 Å². The molecule has 0 amide bonds. The molecule has 0 radical (unpaired) electrons. The van der Waals surface area contributed by atoms with Crippen molar-refractivity contribution in [2.24, 2.45) is 0 Å². The highest BCUT2D eigenvalue weighted by molar-refractivity contribution is 5.49. The summed E-state index contributed by atoms with van der Waals surface area (Å²) in [6.45, 7) is 8.51. The van der Waals surface area contributed by atoms with E-state index in [1.54, 1.807) is 0 Å². The van der Waals surface area contributed by atoms with Gasteiger partial charge in [0.05, 0.1) is 17.2 Å². The Morgan fingerprint density at radius 2 is 2.15 bits per heavy atom. The molecule has 4 heteroatoms. The zero-order chi connectivity index (χ0) is 14.8. The number of benzene rings is 1. The van der Waals surface area contributed by atoms with E-state index in [9.17, 15) is 0 Å². The lowest BCUT2D eigenvalue weighted by molar-refractivity contribution is -0.0662. The Kier molecular flexibility index (Phi) is 3.92. The molecule has 0 saturated carbocycles. The van der Waals surface area contributed by atoms with Crippen molar-refractivity contribution in [3.63, 3.8) is 0 Å². The molecule has 1 unspecified atom stereocenters. The summed E-state index contributed by atoms with van der Waals surface area (Å²) in [6.07, 6.45) is 0.948. The zero-order valence-corrected chi connectivity index (χ0v) is 12.6. The largest absolute Gasteiger partial charge is 0.479 e. The van der Waals surface area contributed by atoms with Crippen LogP contribution < -0.4 is 10.1 Å². The Hall–Kier alpha value is -1.73. The molecule has 1 atom stereocenters. The van der Waals surface area contributed by atoms with Gasteiger partial charge in [-0.05, 0) is 46.2 Å². The van der Waals surface area contributed by atoms with Gasteiger partial charge in [0.1, 0.15) is 11.8 Å². The van der Waals surface area contributed by atoms with Crippen LogP contribution in [0.4, 0.5) is 5.69 Å². The lowest BCUT2D eigenvalue weighted by Crippen LogP contribution is -2.38. The fourth-order valence-electron chi connectivity index (χ4n) is 2.78. The fourth-order valence-corrected chi connectivity index (χ4v) is 2.78. The van der Waals surface area contributed by atoms with Crippen molar-refractivity contribution in [3.8, 4) is 11.8 Å². The molecular weight excluding hydrogens is 252 g/mol. The third-order valence-electron chi connectivity index (χ3n) is 3.55. The molecular formula is C16H22N2O2. The highest BCUT2D eigenvalue weighted by atomic mass is 16.5. The van der Waals surface area contributed by atoms with Crippen LogP contribution in [0.3, 0.4) is 0 Å². The first-order chi connectivity index (χ1) is 9.32. The third-order valence-corrected chi connectivity index (χ3v) is 3.55. The first-order valence-electron chi connectivity index (χ1n) is 6.89. The topological polar surface area (TPSA) is 54.3 Å². The summed E-state index contributed by atoms with van der Waals surface area (Å²) in [4.78, 5) is 0. The predicted molar refractivity (Wildman–Crippen MR) is 78.8 cm³/mol. The number of nitriles is 1. The van der Waals surface area contributed by atoms with Gasteiger partial charge in [-0.2, -0.15) is 5.26 Å². The molecule has 108 valence electrons. The maximum absolute atomic E-state index is 8.55. The Morgan fingerprint density at radius 3 is 2.75 bits per heavy atom. The SMILES string of the molecule is CC1(C)CC(Nc2cccc(OCC#N)c2)C(C)(C)O1. The average Bonchev–Trinajstić information content (AvgIpc) is 2.55. The molecule has 0 bridgehead atoms. The van der Waals surface area contributed by atoms with Crippen molar-refractivity contribution >= 4 is 5.69 Å². The second-order valence-corrected chi connectivity index (χ2v) is 6.34. The quantitative estimate of drug-likeness (QED) is 0.914. The van der Waals surface area contributed by atoms with E-state index < -0.39 is 0 Å². The summed E-state index contributed by atoms with van der Waals surface area (Å²) in [5.41, 5.74) is 0.656. The van der Waals surface area contributed by atoms with E-state index in [2.05, 4.69) is 33.0 Å². The van der Waals surface area contributed by atoms with Gasteiger partial charge < -0.3 is 14.8 Å². The summed E-state index contributed by atoms with van der Waals surface area (Å²) >= 11 is 0. The summed E-state index contributed by atoms with van der Waals surface area (Å²) in [5, 5.41) is 12.1. The van der Waals surface area contributed by atoms with Gasteiger partial charge in [0, 0.05) is 11.8 Å². The van der Waals surface area contributed by atoms with Crippen LogP contribution in [0.2, 0.25) is 0 Å². The van der Waals surface area contributed by atoms with E-state index >= 15 is 0 Å². The van der Waals surface area contributed by atoms with Gasteiger partial charge in [0.15, 0.2) is 6.61 Å². The van der Waals surface area contributed by atoms with E-state index in [1.807, 2.05) is 30.3 Å². The number of hydrogen-bond acceptors (Lipinski definition) is 4. The normalized spacial score (nSPS) is 23.1. The van der Waals surface area contributed by atoms with Crippen molar-refractivity contribution in [1.82, 2.24) is 0 Å². The Labute approximate surface area is 120 Å². The molecule has 20 heavy (non-hydrogen) atoms. The molecule has 1 aliphatic rings. The smallest absolute Gasteiger partial charge is 0.174 e. The van der Waals surface area contributed by atoms with Crippen LogP contribution in [0.15, 0.2) is 24.3 Å². The predicted octanol–water partition coefficient (Wildman–Crippen LogP) is 3.35. The molecule has 1 aromatic rings. The molecule has 0 spiro atoms. The van der Waals surface area contributed by atoms with Crippen LogP contribution in [0.1, 0.15) is 34.1 Å². The van der Waals surface area contributed by atoms with Gasteiger partial charge in [0.25, 0.3) is 0 Å². The summed E-state index contributed by atoms with van der Waals surface area (Å²) in [6, 6.07) is 9.90. The maximum atomic E-state index is 8.55. The fraction of sp³-hybridized carbons (Fsp3) is 0.562. The Balaban J connectivity index is 2.08. The Morgan fingerprint density at radius 1 is 1.40 bits per heavy atom. The molecule has 0 aliphatic carbocycles. The molecule has 1 saturated heterocycles. The number of nitrogens with zero attached hydrogens (tertiary/aromatic N) is 1. The highest BCUT2D eigenvalue weighted by Crippen LogP contribution is 2.39. The highest BCUT2D eigenvalue weighted by Gasteiger charge is 2.45. The van der Waals surface area contributed by atoms with Crippen LogP contribution in [0.5, 0.6) is 5.75 Å². The standard InChI is InChI=1S/C16H22N2O2/c1-15(2)11-14(16(3,4)20-15)18-12-6-5-7-13(10-12)19-9-8-17/h5-7,10,14,18H,9,11H2,1-4H3. The minimum absolute atomic E-state index is 0.0640. The van der Waals surface area contributed by atoms with Gasteiger partial charge in [-0.15, -0.1) is 0 Å². The van der Waals surface area contributed by atoms with E-state index in [4.69, 9.17) is 14.7 Å².